The van der Waals surface area contributed by atoms with Gasteiger partial charge in [-0.1, -0.05) is 6.92 Å². The minimum atomic E-state index is -0.209. The monoisotopic (exact) mass is 295 g/mol. The molecule has 2 unspecified atom stereocenters. The lowest BCUT2D eigenvalue weighted by atomic mass is 9.95. The summed E-state index contributed by atoms with van der Waals surface area (Å²) in [6.45, 7) is 5.28. The van der Waals surface area contributed by atoms with Crippen LogP contribution in [-0.4, -0.2) is 60.9 Å². The van der Waals surface area contributed by atoms with E-state index in [0.717, 1.165) is 51.9 Å². The highest BCUT2D eigenvalue weighted by Gasteiger charge is 2.35. The van der Waals surface area contributed by atoms with E-state index in [1.165, 1.54) is 6.42 Å². The lowest BCUT2D eigenvalue weighted by molar-refractivity contribution is -0.148. The zero-order valence-corrected chi connectivity index (χ0v) is 13.4. The van der Waals surface area contributed by atoms with Crippen LogP contribution in [0.1, 0.15) is 45.4 Å². The van der Waals surface area contributed by atoms with Crippen molar-refractivity contribution >= 4 is 11.8 Å². The number of nitrogens with zero attached hydrogens (tertiary/aromatic N) is 2. The number of likely N-dealkylation sites (tertiary alicyclic amines) is 2. The van der Waals surface area contributed by atoms with Crippen molar-refractivity contribution in [2.45, 2.75) is 51.5 Å². The summed E-state index contributed by atoms with van der Waals surface area (Å²) >= 11 is 0. The fourth-order valence-electron chi connectivity index (χ4n) is 3.62. The molecule has 2 fully saturated rings. The molecule has 2 aliphatic rings. The van der Waals surface area contributed by atoms with Gasteiger partial charge in [-0.25, -0.2) is 0 Å². The summed E-state index contributed by atoms with van der Waals surface area (Å²) < 4.78 is 0. The maximum atomic E-state index is 12.8. The summed E-state index contributed by atoms with van der Waals surface area (Å²) in [5, 5.41) is 3.21. The van der Waals surface area contributed by atoms with Crippen molar-refractivity contribution in [2.75, 3.05) is 33.2 Å². The number of nitrogens with one attached hydrogen (secondary N) is 1. The topological polar surface area (TPSA) is 52.7 Å². The molecule has 0 aromatic rings. The van der Waals surface area contributed by atoms with Gasteiger partial charge in [0.2, 0.25) is 11.8 Å². The van der Waals surface area contributed by atoms with Gasteiger partial charge in [0.25, 0.3) is 0 Å². The third-order valence-electron chi connectivity index (χ3n) is 4.73. The van der Waals surface area contributed by atoms with Gasteiger partial charge in [0, 0.05) is 26.1 Å². The molecule has 21 heavy (non-hydrogen) atoms. The van der Waals surface area contributed by atoms with Crippen molar-refractivity contribution in [2.24, 2.45) is 5.92 Å². The minimum absolute atomic E-state index is 0.122. The van der Waals surface area contributed by atoms with Crippen molar-refractivity contribution < 1.29 is 9.59 Å². The van der Waals surface area contributed by atoms with Crippen LogP contribution >= 0.6 is 0 Å². The molecule has 2 heterocycles. The van der Waals surface area contributed by atoms with E-state index in [9.17, 15) is 9.59 Å². The Morgan fingerprint density at radius 1 is 1.14 bits per heavy atom. The molecule has 0 aliphatic carbocycles. The minimum Gasteiger partial charge on any atom is -0.341 e. The maximum Gasteiger partial charge on any atom is 0.245 e. The Morgan fingerprint density at radius 3 is 2.67 bits per heavy atom. The Bertz CT molecular complexity index is 371. The van der Waals surface area contributed by atoms with Crippen molar-refractivity contribution in [1.29, 1.82) is 0 Å². The van der Waals surface area contributed by atoms with Gasteiger partial charge in [0.15, 0.2) is 0 Å². The Hall–Kier alpha value is -1.10. The molecular formula is C16H29N3O2. The van der Waals surface area contributed by atoms with Crippen LogP contribution in [0.2, 0.25) is 0 Å². The molecule has 2 aliphatic heterocycles. The predicted molar refractivity (Wildman–Crippen MR) is 82.9 cm³/mol. The van der Waals surface area contributed by atoms with Crippen molar-refractivity contribution in [3.63, 3.8) is 0 Å². The highest BCUT2D eigenvalue weighted by molar-refractivity contribution is 5.88. The second-order valence-electron chi connectivity index (χ2n) is 6.30. The molecular weight excluding hydrogens is 266 g/mol. The number of carbonyl (C=O) groups is 2. The van der Waals surface area contributed by atoms with Crippen LogP contribution in [-0.2, 0) is 9.59 Å². The molecule has 2 atom stereocenters. The number of hydrogen-bond acceptors (Lipinski definition) is 3. The van der Waals surface area contributed by atoms with Crippen LogP contribution in [0.4, 0.5) is 0 Å². The van der Waals surface area contributed by atoms with Crippen molar-refractivity contribution in [3.05, 3.63) is 0 Å². The Balaban J connectivity index is 2.01. The van der Waals surface area contributed by atoms with E-state index in [-0.39, 0.29) is 17.9 Å². The highest BCUT2D eigenvalue weighted by atomic mass is 16.2. The molecule has 0 aromatic heterocycles. The summed E-state index contributed by atoms with van der Waals surface area (Å²) in [5.41, 5.74) is 0. The lowest BCUT2D eigenvalue weighted by Crippen LogP contribution is -2.55. The predicted octanol–water partition coefficient (Wildman–Crippen LogP) is 1.24. The van der Waals surface area contributed by atoms with Gasteiger partial charge in [0.1, 0.15) is 6.04 Å². The molecule has 0 saturated carbocycles. The zero-order chi connectivity index (χ0) is 15.2. The summed E-state index contributed by atoms with van der Waals surface area (Å²) in [7, 11) is 1.96. The average Bonchev–Trinajstić information content (AvgIpc) is 2.54. The molecule has 0 aromatic carbocycles. The Morgan fingerprint density at radius 2 is 1.95 bits per heavy atom. The van der Waals surface area contributed by atoms with Gasteiger partial charge >= 0.3 is 0 Å². The fraction of sp³-hybridized carbons (Fsp3) is 0.875. The molecule has 1 N–H and O–H groups in total. The molecule has 2 amide bonds. The average molecular weight is 295 g/mol. The van der Waals surface area contributed by atoms with E-state index in [1.807, 2.05) is 23.8 Å². The van der Waals surface area contributed by atoms with Crippen LogP contribution in [0.15, 0.2) is 0 Å². The number of rotatable bonds is 4. The van der Waals surface area contributed by atoms with Gasteiger partial charge < -0.3 is 15.1 Å². The van der Waals surface area contributed by atoms with E-state index in [1.54, 1.807) is 0 Å². The van der Waals surface area contributed by atoms with Gasteiger partial charge in [0.05, 0.1) is 0 Å². The van der Waals surface area contributed by atoms with Gasteiger partial charge in [-0.15, -0.1) is 0 Å². The quantitative estimate of drug-likeness (QED) is 0.849. The first kappa shape index (κ1) is 16.3. The molecule has 5 heteroatoms. The SMILES string of the molecule is CCC(=O)N1CCCCC1C(=O)N1CCCC(CNC)C1. The van der Waals surface area contributed by atoms with Crippen LogP contribution < -0.4 is 5.32 Å². The summed E-state index contributed by atoms with van der Waals surface area (Å²) in [6.07, 6.45) is 5.67. The largest absolute Gasteiger partial charge is 0.341 e. The summed E-state index contributed by atoms with van der Waals surface area (Å²) in [6, 6.07) is -0.209. The van der Waals surface area contributed by atoms with E-state index in [2.05, 4.69) is 5.32 Å². The van der Waals surface area contributed by atoms with Crippen molar-refractivity contribution in [3.8, 4) is 0 Å². The van der Waals surface area contributed by atoms with Gasteiger partial charge in [-0.2, -0.15) is 0 Å². The van der Waals surface area contributed by atoms with Crippen LogP contribution in [0.25, 0.3) is 0 Å². The number of amides is 2. The third-order valence-corrected chi connectivity index (χ3v) is 4.73. The molecule has 0 bridgehead atoms. The standard InChI is InChI=1S/C16H29N3O2/c1-3-15(20)19-10-5-4-8-14(19)16(21)18-9-6-7-13(12-18)11-17-2/h13-14,17H,3-12H2,1-2H3. The Kier molecular flexibility index (Phi) is 6.03. The van der Waals surface area contributed by atoms with Gasteiger partial charge in [-0.05, 0) is 51.6 Å². The highest BCUT2D eigenvalue weighted by Crippen LogP contribution is 2.23. The second-order valence-corrected chi connectivity index (χ2v) is 6.30. The second kappa shape index (κ2) is 7.78. The molecule has 0 spiro atoms. The normalized spacial score (nSPS) is 26.8. The van der Waals surface area contributed by atoms with Crippen LogP contribution in [0, 0.1) is 5.92 Å². The molecule has 5 nitrogen and oxygen atoms in total. The number of carbonyl (C=O) groups excluding carboxylic acids is 2. The van der Waals surface area contributed by atoms with E-state index >= 15 is 0 Å². The Labute approximate surface area is 128 Å². The first-order valence-corrected chi connectivity index (χ1v) is 8.40. The molecule has 2 saturated heterocycles. The maximum absolute atomic E-state index is 12.8. The summed E-state index contributed by atoms with van der Waals surface area (Å²) in [4.78, 5) is 28.7. The fourth-order valence-corrected chi connectivity index (χ4v) is 3.62. The number of piperidine rings is 2. The van der Waals surface area contributed by atoms with Crippen molar-refractivity contribution in [1.82, 2.24) is 15.1 Å². The number of hydrogen-bond donors (Lipinski definition) is 1. The lowest BCUT2D eigenvalue weighted by Gasteiger charge is -2.40. The molecule has 2 rings (SSSR count). The summed E-state index contributed by atoms with van der Waals surface area (Å²) in [5.74, 6) is 0.848. The first-order valence-electron chi connectivity index (χ1n) is 8.40. The van der Waals surface area contributed by atoms with E-state index in [4.69, 9.17) is 0 Å². The van der Waals surface area contributed by atoms with E-state index < -0.39 is 0 Å². The first-order chi connectivity index (χ1) is 10.2. The zero-order valence-electron chi connectivity index (χ0n) is 13.4. The molecule has 0 radical (unpaired) electrons. The van der Waals surface area contributed by atoms with Crippen LogP contribution in [0.5, 0.6) is 0 Å². The smallest absolute Gasteiger partial charge is 0.245 e. The van der Waals surface area contributed by atoms with Gasteiger partial charge in [-0.3, -0.25) is 9.59 Å². The van der Waals surface area contributed by atoms with Crippen LogP contribution in [0.3, 0.4) is 0 Å². The van der Waals surface area contributed by atoms with E-state index in [0.29, 0.717) is 12.3 Å². The molecule has 120 valence electrons. The third kappa shape index (κ3) is 3.96.